The van der Waals surface area contributed by atoms with E-state index in [1.54, 1.807) is 18.0 Å². The summed E-state index contributed by atoms with van der Waals surface area (Å²) in [4.78, 5) is 37.1. The van der Waals surface area contributed by atoms with Crippen LogP contribution in [0.25, 0.3) is 11.3 Å². The summed E-state index contributed by atoms with van der Waals surface area (Å²) in [5, 5.41) is 16.2. The summed E-state index contributed by atoms with van der Waals surface area (Å²) in [6.45, 7) is 5.24. The highest BCUT2D eigenvalue weighted by Gasteiger charge is 2.35. The van der Waals surface area contributed by atoms with E-state index in [1.807, 2.05) is 55.5 Å². The van der Waals surface area contributed by atoms with E-state index in [-0.39, 0.29) is 24.5 Å². The lowest BCUT2D eigenvalue weighted by Gasteiger charge is -2.26. The molecule has 1 saturated heterocycles. The Kier molecular flexibility index (Phi) is 7.67. The molecule has 3 N–H and O–H groups in total. The minimum atomic E-state index is -0.702. The van der Waals surface area contributed by atoms with Gasteiger partial charge in [0.15, 0.2) is 0 Å². The highest BCUT2D eigenvalue weighted by molar-refractivity contribution is 6.02. The fourth-order valence-corrected chi connectivity index (χ4v) is 4.96. The first-order chi connectivity index (χ1) is 18.4. The van der Waals surface area contributed by atoms with E-state index in [2.05, 4.69) is 20.6 Å². The van der Waals surface area contributed by atoms with Gasteiger partial charge in [0.2, 0.25) is 11.9 Å². The van der Waals surface area contributed by atoms with E-state index in [0.717, 1.165) is 54.0 Å². The molecule has 0 aliphatic carbocycles. The summed E-state index contributed by atoms with van der Waals surface area (Å²) in [6.07, 6.45) is 3.53. The van der Waals surface area contributed by atoms with E-state index >= 15 is 0 Å². The number of ether oxygens (including phenoxy) is 1. The first kappa shape index (κ1) is 25.8. The van der Waals surface area contributed by atoms with Crippen molar-refractivity contribution in [3.05, 3.63) is 77.0 Å². The molecule has 9 nitrogen and oxygen atoms in total. The van der Waals surface area contributed by atoms with Gasteiger partial charge < -0.3 is 25.4 Å². The molecule has 2 aromatic carbocycles. The van der Waals surface area contributed by atoms with Gasteiger partial charge in [0.1, 0.15) is 6.04 Å². The summed E-state index contributed by atoms with van der Waals surface area (Å²) < 4.78 is 5.42. The number of aryl methyl sites for hydroxylation is 1. The largest absolute Gasteiger partial charge is 0.394 e. The third-order valence-corrected chi connectivity index (χ3v) is 7.24. The van der Waals surface area contributed by atoms with Crippen molar-refractivity contribution < 1.29 is 19.4 Å². The van der Waals surface area contributed by atoms with Gasteiger partial charge in [0.25, 0.3) is 5.91 Å². The smallest absolute Gasteiger partial charge is 0.255 e. The molecule has 38 heavy (non-hydrogen) atoms. The number of amides is 2. The highest BCUT2D eigenvalue weighted by atomic mass is 16.5. The van der Waals surface area contributed by atoms with Crippen LogP contribution in [0.2, 0.25) is 0 Å². The second-order valence-electron chi connectivity index (χ2n) is 9.94. The lowest BCUT2D eigenvalue weighted by molar-refractivity contribution is -0.126. The van der Waals surface area contributed by atoms with Crippen LogP contribution in [0.15, 0.2) is 54.7 Å². The van der Waals surface area contributed by atoms with Crippen molar-refractivity contribution in [1.29, 1.82) is 0 Å². The van der Waals surface area contributed by atoms with Crippen LogP contribution in [0.1, 0.15) is 52.9 Å². The number of aliphatic hydroxyl groups excluding tert-OH is 1. The van der Waals surface area contributed by atoms with Crippen LogP contribution < -0.4 is 10.6 Å². The number of carbonyl (C=O) groups is 2. The molecule has 9 heteroatoms. The van der Waals surface area contributed by atoms with Gasteiger partial charge in [-0.1, -0.05) is 42.0 Å². The number of fused-ring (bicyclic) bond motifs is 1. The fraction of sp³-hybridized carbons (Fsp3) is 0.379. The maximum absolute atomic E-state index is 13.4. The number of aromatic nitrogens is 2. The Labute approximate surface area is 222 Å². The van der Waals surface area contributed by atoms with Crippen LogP contribution in [0.4, 0.5) is 5.95 Å². The standard InChI is InChI=1S/C29H33N5O4/c1-18-4-3-5-20(14-18)26(17-35)32-27(36)19(2)34-16-22-7-6-21(15-24(22)28(34)37)25-8-11-30-29(33-25)31-23-9-12-38-13-10-23/h3-8,11,14-15,19,23,26,35H,9-10,12-13,16-17H2,1-2H3,(H,32,36)(H,30,31,33)/t19?,26-/m1/s1. The van der Waals surface area contributed by atoms with Crippen molar-refractivity contribution in [2.75, 3.05) is 25.1 Å². The van der Waals surface area contributed by atoms with Gasteiger partial charge in [-0.15, -0.1) is 0 Å². The summed E-state index contributed by atoms with van der Waals surface area (Å²) in [5.74, 6) is 0.0435. The van der Waals surface area contributed by atoms with E-state index in [9.17, 15) is 14.7 Å². The summed E-state index contributed by atoms with van der Waals surface area (Å²) >= 11 is 0. The Morgan fingerprint density at radius 1 is 1.18 bits per heavy atom. The molecular weight excluding hydrogens is 482 g/mol. The predicted octanol–water partition coefficient (Wildman–Crippen LogP) is 3.24. The molecule has 3 heterocycles. The Morgan fingerprint density at radius 3 is 2.76 bits per heavy atom. The van der Waals surface area contributed by atoms with Crippen LogP contribution in [-0.4, -0.2) is 63.7 Å². The number of hydrogen-bond acceptors (Lipinski definition) is 7. The minimum Gasteiger partial charge on any atom is -0.394 e. The summed E-state index contributed by atoms with van der Waals surface area (Å²) in [5.41, 5.74) is 4.83. The second-order valence-corrected chi connectivity index (χ2v) is 9.94. The van der Waals surface area contributed by atoms with Gasteiger partial charge in [-0.25, -0.2) is 9.97 Å². The molecule has 0 spiro atoms. The van der Waals surface area contributed by atoms with Gasteiger partial charge in [0.05, 0.1) is 18.3 Å². The molecule has 0 saturated carbocycles. The zero-order valence-electron chi connectivity index (χ0n) is 21.7. The fourth-order valence-electron chi connectivity index (χ4n) is 4.96. The Morgan fingerprint density at radius 2 is 2.00 bits per heavy atom. The predicted molar refractivity (Wildman–Crippen MR) is 143 cm³/mol. The van der Waals surface area contributed by atoms with Gasteiger partial charge in [-0.2, -0.15) is 0 Å². The zero-order chi connectivity index (χ0) is 26.6. The quantitative estimate of drug-likeness (QED) is 0.422. The maximum Gasteiger partial charge on any atom is 0.255 e. The van der Waals surface area contributed by atoms with Crippen molar-refractivity contribution >= 4 is 17.8 Å². The number of rotatable bonds is 8. The molecule has 2 aliphatic heterocycles. The monoisotopic (exact) mass is 515 g/mol. The summed E-state index contributed by atoms with van der Waals surface area (Å²) in [7, 11) is 0. The van der Waals surface area contributed by atoms with Gasteiger partial charge in [-0.3, -0.25) is 9.59 Å². The van der Waals surface area contributed by atoms with Crippen LogP contribution in [0.3, 0.4) is 0 Å². The molecule has 1 fully saturated rings. The van der Waals surface area contributed by atoms with Crippen LogP contribution in [0.5, 0.6) is 0 Å². The number of anilines is 1. The lowest BCUT2D eigenvalue weighted by atomic mass is 10.0. The first-order valence-electron chi connectivity index (χ1n) is 13.0. The molecule has 2 amide bonds. The number of nitrogens with zero attached hydrogens (tertiary/aromatic N) is 3. The zero-order valence-corrected chi connectivity index (χ0v) is 21.7. The number of carbonyl (C=O) groups excluding carboxylic acids is 2. The van der Waals surface area contributed by atoms with Gasteiger partial charge in [0, 0.05) is 43.1 Å². The number of hydrogen-bond donors (Lipinski definition) is 3. The van der Waals surface area contributed by atoms with E-state index < -0.39 is 12.1 Å². The molecule has 3 aromatic rings. The van der Waals surface area contributed by atoms with Crippen molar-refractivity contribution in [3.63, 3.8) is 0 Å². The molecule has 1 unspecified atom stereocenters. The Bertz CT molecular complexity index is 1320. The molecule has 198 valence electrons. The first-order valence-corrected chi connectivity index (χ1v) is 13.0. The molecule has 1 aromatic heterocycles. The third-order valence-electron chi connectivity index (χ3n) is 7.24. The van der Waals surface area contributed by atoms with Crippen LogP contribution in [0, 0.1) is 6.92 Å². The van der Waals surface area contributed by atoms with Gasteiger partial charge >= 0.3 is 0 Å². The van der Waals surface area contributed by atoms with Crippen molar-refractivity contribution in [2.45, 2.75) is 51.4 Å². The van der Waals surface area contributed by atoms with Crippen molar-refractivity contribution in [1.82, 2.24) is 20.2 Å². The number of nitrogens with one attached hydrogen (secondary N) is 2. The van der Waals surface area contributed by atoms with Crippen LogP contribution >= 0.6 is 0 Å². The molecule has 0 radical (unpaired) electrons. The average Bonchev–Trinajstić information content (AvgIpc) is 3.27. The lowest BCUT2D eigenvalue weighted by Crippen LogP contribution is -2.46. The van der Waals surface area contributed by atoms with Crippen molar-refractivity contribution in [3.8, 4) is 11.3 Å². The highest BCUT2D eigenvalue weighted by Crippen LogP contribution is 2.30. The summed E-state index contributed by atoms with van der Waals surface area (Å²) in [6, 6.07) is 14.2. The normalized spacial score (nSPS) is 17.1. The molecule has 0 bridgehead atoms. The number of benzene rings is 2. The Balaban J connectivity index is 1.28. The topological polar surface area (TPSA) is 117 Å². The average molecular weight is 516 g/mol. The molecular formula is C29H33N5O4. The Hall–Kier alpha value is -3.82. The SMILES string of the molecule is Cc1cccc([C@@H](CO)NC(=O)C(C)N2Cc3ccc(-c4ccnc(NC5CCOCC5)n4)cc3C2=O)c1. The van der Waals surface area contributed by atoms with Crippen molar-refractivity contribution in [2.24, 2.45) is 0 Å². The number of aliphatic hydroxyl groups is 1. The van der Waals surface area contributed by atoms with E-state index in [4.69, 9.17) is 4.74 Å². The molecule has 2 aliphatic rings. The third kappa shape index (κ3) is 5.54. The van der Waals surface area contributed by atoms with E-state index in [1.165, 1.54) is 0 Å². The second kappa shape index (κ2) is 11.3. The molecule has 2 atom stereocenters. The maximum atomic E-state index is 13.4. The van der Waals surface area contributed by atoms with E-state index in [0.29, 0.717) is 18.1 Å². The molecule has 5 rings (SSSR count). The van der Waals surface area contributed by atoms with Gasteiger partial charge in [-0.05, 0) is 49.9 Å². The van der Waals surface area contributed by atoms with Crippen LogP contribution in [-0.2, 0) is 16.1 Å². The minimum absolute atomic E-state index is 0.199.